The summed E-state index contributed by atoms with van der Waals surface area (Å²) in [6.07, 6.45) is 4.75. The highest BCUT2D eigenvalue weighted by molar-refractivity contribution is 5.85. The van der Waals surface area contributed by atoms with Gasteiger partial charge >= 0.3 is 5.97 Å². The van der Waals surface area contributed by atoms with Crippen LogP contribution in [0.3, 0.4) is 0 Å². The van der Waals surface area contributed by atoms with Gasteiger partial charge < -0.3 is 9.30 Å². The lowest BCUT2D eigenvalue weighted by molar-refractivity contribution is 0.0587. The average Bonchev–Trinajstić information content (AvgIpc) is 3.05. The SMILES string of the molecule is COC(=O)c1ncn(-c2nccc3c2ncn3C)n1. The minimum Gasteiger partial charge on any atom is -0.463 e. The Labute approximate surface area is 107 Å². The largest absolute Gasteiger partial charge is 0.463 e. The van der Waals surface area contributed by atoms with Crippen LogP contribution in [-0.2, 0) is 11.8 Å². The van der Waals surface area contributed by atoms with Crippen molar-refractivity contribution in [3.05, 3.63) is 30.7 Å². The third-order valence-corrected chi connectivity index (χ3v) is 2.70. The van der Waals surface area contributed by atoms with Gasteiger partial charge in [-0.3, -0.25) is 0 Å². The molecular formula is C11H10N6O2. The molecule has 0 aromatic carbocycles. The fourth-order valence-corrected chi connectivity index (χ4v) is 1.77. The van der Waals surface area contributed by atoms with Crippen molar-refractivity contribution in [1.29, 1.82) is 0 Å². The van der Waals surface area contributed by atoms with Crippen LogP contribution >= 0.6 is 0 Å². The molecule has 8 nitrogen and oxygen atoms in total. The van der Waals surface area contributed by atoms with Gasteiger partial charge in [0.2, 0.25) is 0 Å². The fraction of sp³-hybridized carbons (Fsp3) is 0.182. The fourth-order valence-electron chi connectivity index (χ4n) is 1.77. The van der Waals surface area contributed by atoms with Crippen molar-refractivity contribution in [3.8, 4) is 5.82 Å². The van der Waals surface area contributed by atoms with Crippen LogP contribution in [0.2, 0.25) is 0 Å². The monoisotopic (exact) mass is 258 g/mol. The molecule has 0 saturated heterocycles. The third-order valence-electron chi connectivity index (χ3n) is 2.70. The van der Waals surface area contributed by atoms with E-state index in [1.165, 1.54) is 18.1 Å². The molecule has 0 spiro atoms. The molecule has 0 fully saturated rings. The first kappa shape index (κ1) is 11.3. The van der Waals surface area contributed by atoms with E-state index in [9.17, 15) is 4.79 Å². The number of aryl methyl sites for hydroxylation is 1. The van der Waals surface area contributed by atoms with Crippen molar-refractivity contribution < 1.29 is 9.53 Å². The van der Waals surface area contributed by atoms with E-state index in [0.29, 0.717) is 11.3 Å². The lowest BCUT2D eigenvalue weighted by atomic mass is 10.4. The Morgan fingerprint density at radius 2 is 2.11 bits per heavy atom. The average molecular weight is 258 g/mol. The van der Waals surface area contributed by atoms with Gasteiger partial charge in [0, 0.05) is 13.2 Å². The van der Waals surface area contributed by atoms with E-state index < -0.39 is 5.97 Å². The van der Waals surface area contributed by atoms with Gasteiger partial charge in [0.15, 0.2) is 5.82 Å². The predicted molar refractivity (Wildman–Crippen MR) is 64.8 cm³/mol. The molecule has 0 amide bonds. The van der Waals surface area contributed by atoms with Gasteiger partial charge in [0.05, 0.1) is 19.0 Å². The summed E-state index contributed by atoms with van der Waals surface area (Å²) >= 11 is 0. The smallest absolute Gasteiger partial charge is 0.377 e. The highest BCUT2D eigenvalue weighted by Gasteiger charge is 2.15. The molecule has 0 N–H and O–H groups in total. The normalized spacial score (nSPS) is 10.8. The number of rotatable bonds is 2. The number of carbonyl (C=O) groups excluding carboxylic acids is 1. The van der Waals surface area contributed by atoms with Crippen molar-refractivity contribution in [2.24, 2.45) is 7.05 Å². The van der Waals surface area contributed by atoms with Crippen LogP contribution < -0.4 is 0 Å². The topological polar surface area (TPSA) is 87.7 Å². The van der Waals surface area contributed by atoms with Gasteiger partial charge in [-0.2, -0.15) is 4.68 Å². The summed E-state index contributed by atoms with van der Waals surface area (Å²) in [5.74, 6) is -0.0927. The molecule has 3 heterocycles. The van der Waals surface area contributed by atoms with Crippen LogP contribution in [0.15, 0.2) is 24.9 Å². The number of ether oxygens (including phenoxy) is 1. The number of hydrogen-bond donors (Lipinski definition) is 0. The first-order valence-corrected chi connectivity index (χ1v) is 5.47. The van der Waals surface area contributed by atoms with E-state index >= 15 is 0 Å². The molecule has 0 aliphatic carbocycles. The number of fused-ring (bicyclic) bond motifs is 1. The molecule has 3 aromatic heterocycles. The summed E-state index contributed by atoms with van der Waals surface area (Å²) in [5, 5.41) is 4.03. The number of methoxy groups -OCH3 is 1. The van der Waals surface area contributed by atoms with Crippen molar-refractivity contribution in [2.45, 2.75) is 0 Å². The zero-order valence-electron chi connectivity index (χ0n) is 10.3. The Kier molecular flexibility index (Phi) is 2.48. The van der Waals surface area contributed by atoms with Gasteiger partial charge in [-0.25, -0.2) is 19.7 Å². The van der Waals surface area contributed by atoms with Gasteiger partial charge in [0.25, 0.3) is 5.82 Å². The first-order valence-electron chi connectivity index (χ1n) is 5.47. The van der Waals surface area contributed by atoms with Gasteiger partial charge in [-0.15, -0.1) is 5.10 Å². The van der Waals surface area contributed by atoms with Crippen molar-refractivity contribution in [1.82, 2.24) is 29.3 Å². The number of imidazole rings is 1. The van der Waals surface area contributed by atoms with E-state index in [0.717, 1.165) is 5.52 Å². The van der Waals surface area contributed by atoms with E-state index in [1.807, 2.05) is 17.7 Å². The van der Waals surface area contributed by atoms with E-state index in [-0.39, 0.29) is 5.82 Å². The van der Waals surface area contributed by atoms with Crippen LogP contribution in [0.5, 0.6) is 0 Å². The molecule has 0 aliphatic heterocycles. The zero-order chi connectivity index (χ0) is 13.4. The second-order valence-corrected chi connectivity index (χ2v) is 3.86. The van der Waals surface area contributed by atoms with Crippen LogP contribution in [0.4, 0.5) is 0 Å². The van der Waals surface area contributed by atoms with E-state index in [4.69, 9.17) is 0 Å². The summed E-state index contributed by atoms with van der Waals surface area (Å²) in [6, 6.07) is 1.85. The lowest BCUT2D eigenvalue weighted by Crippen LogP contribution is -2.06. The molecule has 0 unspecified atom stereocenters. The van der Waals surface area contributed by atoms with E-state index in [2.05, 4.69) is 24.8 Å². The maximum Gasteiger partial charge on any atom is 0.377 e. The molecule has 0 atom stereocenters. The van der Waals surface area contributed by atoms with Crippen molar-refractivity contribution >= 4 is 17.0 Å². The highest BCUT2D eigenvalue weighted by atomic mass is 16.5. The standard InChI is InChI=1S/C11H10N6O2/c1-16-5-13-8-7(16)3-4-12-10(8)17-6-14-9(15-17)11(18)19-2/h3-6H,1-2H3. The van der Waals surface area contributed by atoms with Crippen molar-refractivity contribution in [2.75, 3.05) is 7.11 Å². The Morgan fingerprint density at radius 1 is 1.26 bits per heavy atom. The number of aromatic nitrogens is 6. The molecule has 8 heteroatoms. The van der Waals surface area contributed by atoms with Crippen LogP contribution in [0, 0.1) is 0 Å². The second kappa shape index (κ2) is 4.16. The summed E-state index contributed by atoms with van der Waals surface area (Å²) in [5.41, 5.74) is 1.60. The Balaban J connectivity index is 2.14. The zero-order valence-corrected chi connectivity index (χ0v) is 10.3. The minimum atomic E-state index is -0.591. The summed E-state index contributed by atoms with van der Waals surface area (Å²) in [7, 11) is 3.17. The quantitative estimate of drug-likeness (QED) is 0.616. The number of carbonyl (C=O) groups is 1. The van der Waals surface area contributed by atoms with Crippen LogP contribution in [0.25, 0.3) is 16.9 Å². The molecule has 3 rings (SSSR count). The molecule has 0 bridgehead atoms. The third kappa shape index (κ3) is 1.73. The molecule has 96 valence electrons. The van der Waals surface area contributed by atoms with E-state index in [1.54, 1.807) is 12.5 Å². The van der Waals surface area contributed by atoms with Gasteiger partial charge in [-0.05, 0) is 6.07 Å². The maximum absolute atomic E-state index is 11.3. The van der Waals surface area contributed by atoms with Crippen molar-refractivity contribution in [3.63, 3.8) is 0 Å². The Hall–Kier alpha value is -2.77. The molecule has 0 saturated carbocycles. The lowest BCUT2D eigenvalue weighted by Gasteiger charge is -2.00. The molecule has 3 aromatic rings. The number of pyridine rings is 1. The summed E-state index contributed by atoms with van der Waals surface area (Å²) in [4.78, 5) is 23.7. The van der Waals surface area contributed by atoms with Crippen LogP contribution in [0.1, 0.15) is 10.6 Å². The first-order chi connectivity index (χ1) is 9.20. The number of esters is 1. The maximum atomic E-state index is 11.3. The van der Waals surface area contributed by atoms with Crippen LogP contribution in [-0.4, -0.2) is 42.4 Å². The van der Waals surface area contributed by atoms with Gasteiger partial charge in [0.1, 0.15) is 11.8 Å². The molecule has 0 aliphatic rings. The second-order valence-electron chi connectivity index (χ2n) is 3.86. The summed E-state index contributed by atoms with van der Waals surface area (Å²) in [6.45, 7) is 0. The summed E-state index contributed by atoms with van der Waals surface area (Å²) < 4.78 is 7.84. The number of nitrogens with zero attached hydrogens (tertiary/aromatic N) is 6. The van der Waals surface area contributed by atoms with Gasteiger partial charge in [-0.1, -0.05) is 0 Å². The Bertz CT molecular complexity index is 759. The molecular weight excluding hydrogens is 248 g/mol. The molecule has 0 radical (unpaired) electrons. The minimum absolute atomic E-state index is 0.0164. The predicted octanol–water partition coefficient (Wildman–Crippen LogP) is 0.336. The molecule has 19 heavy (non-hydrogen) atoms. The Morgan fingerprint density at radius 3 is 2.89 bits per heavy atom. The number of hydrogen-bond acceptors (Lipinski definition) is 6. The highest BCUT2D eigenvalue weighted by Crippen LogP contribution is 2.17.